The van der Waals surface area contributed by atoms with Gasteiger partial charge in [0.15, 0.2) is 5.82 Å². The lowest BCUT2D eigenvalue weighted by Gasteiger charge is -2.19. The zero-order chi connectivity index (χ0) is 14.1. The van der Waals surface area contributed by atoms with E-state index in [-0.39, 0.29) is 12.1 Å². The number of rotatable bonds is 4. The van der Waals surface area contributed by atoms with Crippen LogP contribution < -0.4 is 0 Å². The Morgan fingerprint density at radius 3 is 2.95 bits per heavy atom. The van der Waals surface area contributed by atoms with Gasteiger partial charge in [0, 0.05) is 13.7 Å². The van der Waals surface area contributed by atoms with Gasteiger partial charge in [-0.25, -0.2) is 9.97 Å². The third-order valence-corrected chi connectivity index (χ3v) is 3.62. The largest absolute Gasteiger partial charge is 0.445 e. The lowest BCUT2D eigenvalue weighted by atomic mass is 10.2. The fraction of sp³-hybridized carbons (Fsp3) is 0.615. The maximum Gasteiger partial charge on any atom is 0.208 e. The molecule has 7 heteroatoms. The molecule has 0 spiro atoms. The Balaban J connectivity index is 1.79. The lowest BCUT2D eigenvalue weighted by molar-refractivity contribution is 0.106. The summed E-state index contributed by atoms with van der Waals surface area (Å²) in [5, 5.41) is 7.18. The summed E-state index contributed by atoms with van der Waals surface area (Å²) in [5.74, 6) is 3.18. The Morgan fingerprint density at radius 1 is 1.50 bits per heavy atom. The summed E-state index contributed by atoms with van der Waals surface area (Å²) in [6.07, 6.45) is 2.81. The molecular formula is C13H19N5O2. The summed E-state index contributed by atoms with van der Waals surface area (Å²) >= 11 is 0. The van der Waals surface area contributed by atoms with Gasteiger partial charge in [-0.2, -0.15) is 5.10 Å². The quantitative estimate of drug-likeness (QED) is 0.909. The first-order valence-electron chi connectivity index (χ1n) is 6.72. The number of hydrogen-bond donors (Lipinski definition) is 1. The van der Waals surface area contributed by atoms with Gasteiger partial charge in [0.25, 0.3) is 0 Å². The van der Waals surface area contributed by atoms with Crippen molar-refractivity contribution in [2.75, 3.05) is 13.7 Å². The van der Waals surface area contributed by atoms with Crippen LogP contribution in [0.3, 0.4) is 0 Å². The number of ether oxygens (including phenoxy) is 1. The van der Waals surface area contributed by atoms with Crippen molar-refractivity contribution in [3.63, 3.8) is 0 Å². The molecular weight excluding hydrogens is 258 g/mol. The second-order valence-corrected chi connectivity index (χ2v) is 5.18. The summed E-state index contributed by atoms with van der Waals surface area (Å²) in [5.41, 5.74) is 0. The molecule has 3 heterocycles. The van der Waals surface area contributed by atoms with E-state index < -0.39 is 0 Å². The number of likely N-dealkylation sites (tertiary alicyclic amines) is 1. The van der Waals surface area contributed by atoms with Gasteiger partial charge in [-0.1, -0.05) is 0 Å². The molecule has 2 aromatic heterocycles. The number of aromatic amines is 1. The molecule has 3 rings (SSSR count). The highest BCUT2D eigenvalue weighted by Crippen LogP contribution is 2.32. The molecule has 108 valence electrons. The minimum Gasteiger partial charge on any atom is -0.445 e. The summed E-state index contributed by atoms with van der Waals surface area (Å²) in [7, 11) is 1.74. The van der Waals surface area contributed by atoms with Gasteiger partial charge in [0.1, 0.15) is 11.6 Å². The van der Waals surface area contributed by atoms with Crippen LogP contribution in [-0.4, -0.2) is 44.8 Å². The first-order valence-corrected chi connectivity index (χ1v) is 6.72. The molecule has 0 bridgehead atoms. The van der Waals surface area contributed by atoms with Crippen LogP contribution in [0.4, 0.5) is 0 Å². The van der Waals surface area contributed by atoms with Gasteiger partial charge in [0.05, 0.1) is 24.9 Å². The van der Waals surface area contributed by atoms with Crippen molar-refractivity contribution >= 4 is 0 Å². The zero-order valence-corrected chi connectivity index (χ0v) is 12.0. The average Bonchev–Trinajstić information content (AvgIpc) is 3.11. The number of methoxy groups -OCH3 is 1. The van der Waals surface area contributed by atoms with E-state index in [0.717, 1.165) is 36.3 Å². The molecule has 0 aliphatic carbocycles. The van der Waals surface area contributed by atoms with Gasteiger partial charge in [-0.3, -0.25) is 10.00 Å². The Labute approximate surface area is 117 Å². The third-order valence-electron chi connectivity index (χ3n) is 3.62. The second kappa shape index (κ2) is 5.34. The van der Waals surface area contributed by atoms with Crippen molar-refractivity contribution < 1.29 is 9.15 Å². The molecule has 1 aliphatic heterocycles. The van der Waals surface area contributed by atoms with Gasteiger partial charge >= 0.3 is 0 Å². The molecule has 0 saturated carbocycles. The summed E-state index contributed by atoms with van der Waals surface area (Å²) in [6.45, 7) is 5.28. The number of aromatic nitrogens is 4. The fourth-order valence-electron chi connectivity index (χ4n) is 2.63. The summed E-state index contributed by atoms with van der Waals surface area (Å²) < 4.78 is 11.0. The molecule has 1 fully saturated rings. The highest BCUT2D eigenvalue weighted by Gasteiger charge is 2.36. The Bertz CT molecular complexity index is 579. The molecule has 0 amide bonds. The van der Waals surface area contributed by atoms with Gasteiger partial charge < -0.3 is 9.15 Å². The first kappa shape index (κ1) is 13.3. The van der Waals surface area contributed by atoms with Crippen LogP contribution in [0.5, 0.6) is 0 Å². The van der Waals surface area contributed by atoms with Crippen LogP contribution in [-0.2, 0) is 11.3 Å². The molecule has 1 saturated heterocycles. The molecule has 0 radical (unpaired) electrons. The van der Waals surface area contributed by atoms with E-state index in [9.17, 15) is 0 Å². The maximum absolute atomic E-state index is 5.56. The molecule has 2 aromatic rings. The topological polar surface area (TPSA) is 80.1 Å². The van der Waals surface area contributed by atoms with Crippen molar-refractivity contribution in [3.8, 4) is 0 Å². The van der Waals surface area contributed by atoms with Crippen LogP contribution in [0.15, 0.2) is 10.6 Å². The van der Waals surface area contributed by atoms with E-state index in [0.29, 0.717) is 6.54 Å². The highest BCUT2D eigenvalue weighted by molar-refractivity contribution is 5.03. The molecule has 1 aliphatic rings. The number of hydrogen-bond acceptors (Lipinski definition) is 6. The molecule has 0 aromatic carbocycles. The van der Waals surface area contributed by atoms with Crippen molar-refractivity contribution in [2.24, 2.45) is 0 Å². The van der Waals surface area contributed by atoms with E-state index >= 15 is 0 Å². The Hall–Kier alpha value is -1.73. The molecule has 20 heavy (non-hydrogen) atoms. The molecule has 0 unspecified atom stereocenters. The van der Waals surface area contributed by atoms with Gasteiger partial charge in [-0.05, 0) is 20.3 Å². The number of nitrogens with zero attached hydrogens (tertiary/aromatic N) is 4. The van der Waals surface area contributed by atoms with Crippen molar-refractivity contribution in [3.05, 3.63) is 29.5 Å². The number of H-pyrrole nitrogens is 1. The van der Waals surface area contributed by atoms with Crippen LogP contribution in [0.2, 0.25) is 0 Å². The Morgan fingerprint density at radius 2 is 2.35 bits per heavy atom. The van der Waals surface area contributed by atoms with Gasteiger partial charge in [-0.15, -0.1) is 0 Å². The Kier molecular flexibility index (Phi) is 3.54. The normalized spacial score (nSPS) is 23.6. The van der Waals surface area contributed by atoms with E-state index in [1.165, 1.54) is 0 Å². The van der Waals surface area contributed by atoms with Crippen LogP contribution in [0.25, 0.3) is 0 Å². The zero-order valence-electron chi connectivity index (χ0n) is 12.0. The molecule has 7 nitrogen and oxygen atoms in total. The predicted molar refractivity (Wildman–Crippen MR) is 70.9 cm³/mol. The minimum absolute atomic E-state index is 0.136. The molecule has 2 atom stereocenters. The van der Waals surface area contributed by atoms with E-state index in [4.69, 9.17) is 9.15 Å². The van der Waals surface area contributed by atoms with Crippen molar-refractivity contribution in [1.82, 2.24) is 25.1 Å². The van der Waals surface area contributed by atoms with E-state index in [2.05, 4.69) is 25.1 Å². The number of oxazole rings is 1. The highest BCUT2D eigenvalue weighted by atomic mass is 16.5. The van der Waals surface area contributed by atoms with Crippen molar-refractivity contribution in [2.45, 2.75) is 39.0 Å². The van der Waals surface area contributed by atoms with Crippen LogP contribution >= 0.6 is 0 Å². The average molecular weight is 277 g/mol. The monoisotopic (exact) mass is 277 g/mol. The SMILES string of the molecule is CO[C@@H]1C[C@@H](c2n[nH]c(C)n2)N(Cc2ncc(C)o2)C1. The number of aryl methyl sites for hydroxylation is 2. The number of nitrogens with one attached hydrogen (secondary N) is 1. The van der Waals surface area contributed by atoms with Crippen LogP contribution in [0, 0.1) is 13.8 Å². The third kappa shape index (κ3) is 2.59. The minimum atomic E-state index is 0.136. The van der Waals surface area contributed by atoms with Crippen LogP contribution in [0.1, 0.15) is 35.8 Å². The summed E-state index contributed by atoms with van der Waals surface area (Å²) in [4.78, 5) is 11.0. The second-order valence-electron chi connectivity index (χ2n) is 5.18. The summed E-state index contributed by atoms with van der Waals surface area (Å²) in [6, 6.07) is 0.136. The first-order chi connectivity index (χ1) is 9.65. The smallest absolute Gasteiger partial charge is 0.208 e. The van der Waals surface area contributed by atoms with E-state index in [1.807, 2.05) is 13.8 Å². The van der Waals surface area contributed by atoms with Crippen molar-refractivity contribution in [1.29, 1.82) is 0 Å². The predicted octanol–water partition coefficient (Wildman–Crippen LogP) is 1.37. The van der Waals surface area contributed by atoms with E-state index in [1.54, 1.807) is 13.3 Å². The fourth-order valence-corrected chi connectivity index (χ4v) is 2.63. The maximum atomic E-state index is 5.56. The van der Waals surface area contributed by atoms with Gasteiger partial charge in [0.2, 0.25) is 5.89 Å². The lowest BCUT2D eigenvalue weighted by Crippen LogP contribution is -2.25. The molecule has 1 N–H and O–H groups in total. The standard InChI is InChI=1S/C13H19N5O2/c1-8-5-14-12(20-8)7-18-6-10(19-3)4-11(18)13-15-9(2)16-17-13/h5,10-11H,4,6-7H2,1-3H3,(H,15,16,17)/t10-,11+/m1/s1.